The van der Waals surface area contributed by atoms with Crippen molar-refractivity contribution in [3.63, 3.8) is 0 Å². The van der Waals surface area contributed by atoms with Crippen LogP contribution >= 0.6 is 11.6 Å². The van der Waals surface area contributed by atoms with E-state index in [1.807, 2.05) is 13.1 Å². The number of nitrogens with zero attached hydrogens (tertiary/aromatic N) is 2. The van der Waals surface area contributed by atoms with E-state index in [1.54, 1.807) is 0 Å². The summed E-state index contributed by atoms with van der Waals surface area (Å²) in [6, 6.07) is 2.13. The summed E-state index contributed by atoms with van der Waals surface area (Å²) in [7, 11) is 0. The highest BCUT2D eigenvalue weighted by atomic mass is 35.5. The lowest BCUT2D eigenvalue weighted by Gasteiger charge is -2.28. The summed E-state index contributed by atoms with van der Waals surface area (Å²) in [5.41, 5.74) is 2.22. The van der Waals surface area contributed by atoms with Gasteiger partial charge in [0.2, 0.25) is 0 Å². The third-order valence-corrected chi connectivity index (χ3v) is 2.93. The van der Waals surface area contributed by atoms with Crippen molar-refractivity contribution in [2.45, 2.75) is 34.6 Å². The molecule has 0 bridgehead atoms. The van der Waals surface area contributed by atoms with Crippen LogP contribution in [-0.2, 0) is 0 Å². The third-order valence-electron chi connectivity index (χ3n) is 2.54. The summed E-state index contributed by atoms with van der Waals surface area (Å²) < 4.78 is 0. The zero-order valence-corrected chi connectivity index (χ0v) is 12.3. The molecule has 0 fully saturated rings. The van der Waals surface area contributed by atoms with Crippen molar-refractivity contribution in [2.24, 2.45) is 11.8 Å². The highest BCUT2D eigenvalue weighted by Crippen LogP contribution is 2.21. The molecule has 0 aliphatic carbocycles. The highest BCUT2D eigenvalue weighted by molar-refractivity contribution is 6.30. The van der Waals surface area contributed by atoms with Crippen molar-refractivity contribution in [3.05, 3.63) is 23.0 Å². The number of hydrogen-bond acceptors (Lipinski definition) is 2. The van der Waals surface area contributed by atoms with Gasteiger partial charge in [0, 0.05) is 13.1 Å². The summed E-state index contributed by atoms with van der Waals surface area (Å²) in [4.78, 5) is 6.63. The second-order valence-corrected chi connectivity index (χ2v) is 5.85. The van der Waals surface area contributed by atoms with E-state index in [2.05, 4.69) is 43.6 Å². The standard InChI is InChI=1S/C14H23ClN2/c1-10(2)8-17(9-11(3)4)13-6-12(5)14(15)16-7-13/h6-7,10-11H,8-9H2,1-5H3. The van der Waals surface area contributed by atoms with Gasteiger partial charge in [-0.3, -0.25) is 0 Å². The summed E-state index contributed by atoms with van der Waals surface area (Å²) >= 11 is 5.97. The monoisotopic (exact) mass is 254 g/mol. The van der Waals surface area contributed by atoms with E-state index in [1.165, 1.54) is 5.69 Å². The van der Waals surface area contributed by atoms with Crippen molar-refractivity contribution in [3.8, 4) is 0 Å². The topological polar surface area (TPSA) is 16.1 Å². The first-order valence-corrected chi connectivity index (χ1v) is 6.65. The van der Waals surface area contributed by atoms with Gasteiger partial charge in [0.25, 0.3) is 0 Å². The first kappa shape index (κ1) is 14.3. The Hall–Kier alpha value is -0.760. The largest absolute Gasteiger partial charge is 0.370 e. The molecule has 0 atom stereocenters. The lowest BCUT2D eigenvalue weighted by Crippen LogP contribution is -2.31. The van der Waals surface area contributed by atoms with Crippen molar-refractivity contribution < 1.29 is 0 Å². The maximum absolute atomic E-state index is 5.97. The maximum Gasteiger partial charge on any atom is 0.132 e. The SMILES string of the molecule is Cc1cc(N(CC(C)C)CC(C)C)cnc1Cl. The first-order valence-electron chi connectivity index (χ1n) is 6.27. The Morgan fingerprint density at radius 1 is 1.18 bits per heavy atom. The molecule has 0 aliphatic heterocycles. The molecule has 0 amide bonds. The van der Waals surface area contributed by atoms with Gasteiger partial charge >= 0.3 is 0 Å². The van der Waals surface area contributed by atoms with Gasteiger partial charge in [-0.1, -0.05) is 39.3 Å². The normalized spacial score (nSPS) is 11.3. The molecule has 0 spiro atoms. The molecule has 1 rings (SSSR count). The predicted molar refractivity (Wildman–Crippen MR) is 75.9 cm³/mol. The number of anilines is 1. The molecular weight excluding hydrogens is 232 g/mol. The fraction of sp³-hybridized carbons (Fsp3) is 0.643. The molecule has 17 heavy (non-hydrogen) atoms. The van der Waals surface area contributed by atoms with Crippen LogP contribution in [0.2, 0.25) is 5.15 Å². The fourth-order valence-corrected chi connectivity index (χ4v) is 1.99. The molecule has 0 aromatic carbocycles. The van der Waals surface area contributed by atoms with Crippen molar-refractivity contribution >= 4 is 17.3 Å². The van der Waals surface area contributed by atoms with Crippen LogP contribution in [0.5, 0.6) is 0 Å². The highest BCUT2D eigenvalue weighted by Gasteiger charge is 2.11. The molecule has 0 radical (unpaired) electrons. The minimum absolute atomic E-state index is 0.600. The van der Waals surface area contributed by atoms with E-state index in [9.17, 15) is 0 Å². The van der Waals surface area contributed by atoms with Gasteiger partial charge in [-0.2, -0.15) is 0 Å². The summed E-state index contributed by atoms with van der Waals surface area (Å²) in [6.45, 7) is 13.1. The van der Waals surface area contributed by atoms with E-state index >= 15 is 0 Å². The zero-order chi connectivity index (χ0) is 13.0. The van der Waals surface area contributed by atoms with Crippen LogP contribution < -0.4 is 4.90 Å². The Labute approximate surface area is 110 Å². The van der Waals surface area contributed by atoms with Gasteiger partial charge in [0.1, 0.15) is 5.15 Å². The van der Waals surface area contributed by atoms with Gasteiger partial charge in [0.05, 0.1) is 11.9 Å². The van der Waals surface area contributed by atoms with Crippen LogP contribution in [0.1, 0.15) is 33.3 Å². The molecular formula is C14H23ClN2. The molecule has 0 N–H and O–H groups in total. The fourth-order valence-electron chi connectivity index (χ4n) is 1.88. The summed E-state index contributed by atoms with van der Waals surface area (Å²) in [6.07, 6.45) is 1.88. The van der Waals surface area contributed by atoms with Crippen LogP contribution in [0.15, 0.2) is 12.3 Å². The van der Waals surface area contributed by atoms with E-state index < -0.39 is 0 Å². The molecule has 0 saturated carbocycles. The molecule has 1 aromatic rings. The second kappa shape index (κ2) is 6.25. The van der Waals surface area contributed by atoms with Crippen molar-refractivity contribution in [1.82, 2.24) is 4.98 Å². The molecule has 0 aliphatic rings. The maximum atomic E-state index is 5.97. The van der Waals surface area contributed by atoms with Crippen LogP contribution in [0.3, 0.4) is 0 Å². The predicted octanol–water partition coefficient (Wildman–Crippen LogP) is 4.16. The molecule has 1 aromatic heterocycles. The van der Waals surface area contributed by atoms with E-state index in [0.29, 0.717) is 17.0 Å². The van der Waals surface area contributed by atoms with E-state index in [0.717, 1.165) is 18.7 Å². The Kier molecular flexibility index (Phi) is 5.26. The Morgan fingerprint density at radius 2 is 1.71 bits per heavy atom. The average Bonchev–Trinajstić information content (AvgIpc) is 2.19. The third kappa shape index (κ3) is 4.55. The number of aromatic nitrogens is 1. The van der Waals surface area contributed by atoms with Crippen molar-refractivity contribution in [1.29, 1.82) is 0 Å². The smallest absolute Gasteiger partial charge is 0.132 e. The summed E-state index contributed by atoms with van der Waals surface area (Å²) in [5.74, 6) is 1.29. The quantitative estimate of drug-likeness (QED) is 0.734. The number of aryl methyl sites for hydroxylation is 1. The number of halogens is 1. The Morgan fingerprint density at radius 3 is 2.12 bits per heavy atom. The second-order valence-electron chi connectivity index (χ2n) is 5.49. The van der Waals surface area contributed by atoms with E-state index in [-0.39, 0.29) is 0 Å². The van der Waals surface area contributed by atoms with E-state index in [4.69, 9.17) is 11.6 Å². The Balaban J connectivity index is 2.91. The molecule has 3 heteroatoms. The van der Waals surface area contributed by atoms with Crippen LogP contribution in [0.4, 0.5) is 5.69 Å². The summed E-state index contributed by atoms with van der Waals surface area (Å²) in [5, 5.41) is 0.600. The van der Waals surface area contributed by atoms with Gasteiger partial charge in [-0.25, -0.2) is 4.98 Å². The lowest BCUT2D eigenvalue weighted by atomic mass is 10.1. The van der Waals surface area contributed by atoms with Crippen LogP contribution in [0.25, 0.3) is 0 Å². The van der Waals surface area contributed by atoms with Crippen LogP contribution in [-0.4, -0.2) is 18.1 Å². The lowest BCUT2D eigenvalue weighted by molar-refractivity contribution is 0.552. The van der Waals surface area contributed by atoms with Gasteiger partial charge in [-0.05, 0) is 30.4 Å². The molecule has 0 saturated heterocycles. The van der Waals surface area contributed by atoms with Gasteiger partial charge in [-0.15, -0.1) is 0 Å². The number of pyridine rings is 1. The van der Waals surface area contributed by atoms with Gasteiger partial charge < -0.3 is 4.90 Å². The van der Waals surface area contributed by atoms with Gasteiger partial charge in [0.15, 0.2) is 0 Å². The molecule has 1 heterocycles. The average molecular weight is 255 g/mol. The number of rotatable bonds is 5. The van der Waals surface area contributed by atoms with Crippen molar-refractivity contribution in [2.75, 3.05) is 18.0 Å². The molecule has 2 nitrogen and oxygen atoms in total. The molecule has 96 valence electrons. The van der Waals surface area contributed by atoms with Crippen LogP contribution in [0, 0.1) is 18.8 Å². The zero-order valence-electron chi connectivity index (χ0n) is 11.5. The minimum atomic E-state index is 0.600. The minimum Gasteiger partial charge on any atom is -0.370 e. The Bertz CT molecular complexity index is 351. The molecule has 0 unspecified atom stereocenters. The first-order chi connectivity index (χ1) is 7.90. The number of hydrogen-bond donors (Lipinski definition) is 0.